The SMILES string of the molecule is O=C(O)CCc1cccc(NC(=O)c2ccoc2Cl)c1. The predicted molar refractivity (Wildman–Crippen MR) is 74.1 cm³/mol. The van der Waals surface area contributed by atoms with Crippen molar-refractivity contribution in [3.63, 3.8) is 0 Å². The highest BCUT2D eigenvalue weighted by atomic mass is 35.5. The summed E-state index contributed by atoms with van der Waals surface area (Å²) in [6.45, 7) is 0. The first-order chi connectivity index (χ1) is 9.56. The molecule has 0 unspecified atom stereocenters. The molecule has 1 heterocycles. The van der Waals surface area contributed by atoms with Crippen LogP contribution in [0, 0.1) is 0 Å². The molecule has 0 atom stereocenters. The molecule has 1 aromatic heterocycles. The van der Waals surface area contributed by atoms with Gasteiger partial charge in [-0.3, -0.25) is 9.59 Å². The maximum atomic E-state index is 11.9. The van der Waals surface area contributed by atoms with Crippen molar-refractivity contribution in [3.05, 3.63) is 52.9 Å². The van der Waals surface area contributed by atoms with Crippen LogP contribution < -0.4 is 5.32 Å². The number of carbonyl (C=O) groups is 2. The average Bonchev–Trinajstić information content (AvgIpc) is 2.83. The van der Waals surface area contributed by atoms with Gasteiger partial charge in [0.2, 0.25) is 5.22 Å². The quantitative estimate of drug-likeness (QED) is 0.887. The van der Waals surface area contributed by atoms with Gasteiger partial charge in [0.05, 0.1) is 11.8 Å². The minimum Gasteiger partial charge on any atom is -0.481 e. The lowest BCUT2D eigenvalue weighted by atomic mass is 10.1. The minimum absolute atomic E-state index is 0.0320. The molecule has 20 heavy (non-hydrogen) atoms. The van der Waals surface area contributed by atoms with Crippen molar-refractivity contribution in [2.24, 2.45) is 0 Å². The summed E-state index contributed by atoms with van der Waals surface area (Å²) in [5, 5.41) is 11.4. The first kappa shape index (κ1) is 14.1. The van der Waals surface area contributed by atoms with Gasteiger partial charge in [0.15, 0.2) is 0 Å². The molecule has 1 aromatic carbocycles. The molecular weight excluding hydrogens is 282 g/mol. The smallest absolute Gasteiger partial charge is 0.303 e. The number of benzene rings is 1. The standard InChI is InChI=1S/C14H12ClNO4/c15-13-11(6-7-20-13)14(19)16-10-3-1-2-9(8-10)4-5-12(17)18/h1-3,6-8H,4-5H2,(H,16,19)(H,17,18). The van der Waals surface area contributed by atoms with Gasteiger partial charge in [-0.05, 0) is 41.8 Å². The predicted octanol–water partition coefficient (Wildman–Crippen LogP) is 3.20. The van der Waals surface area contributed by atoms with Gasteiger partial charge in [0.1, 0.15) is 0 Å². The van der Waals surface area contributed by atoms with Gasteiger partial charge in [0.25, 0.3) is 5.91 Å². The van der Waals surface area contributed by atoms with E-state index in [-0.39, 0.29) is 23.1 Å². The van der Waals surface area contributed by atoms with E-state index in [1.54, 1.807) is 18.2 Å². The molecule has 0 fully saturated rings. The van der Waals surface area contributed by atoms with E-state index < -0.39 is 5.97 Å². The summed E-state index contributed by atoms with van der Waals surface area (Å²) in [7, 11) is 0. The van der Waals surface area contributed by atoms with Crippen LogP contribution in [-0.4, -0.2) is 17.0 Å². The summed E-state index contributed by atoms with van der Waals surface area (Å²) in [5.74, 6) is -1.23. The van der Waals surface area contributed by atoms with Gasteiger partial charge in [-0.1, -0.05) is 12.1 Å². The molecule has 0 aliphatic carbocycles. The second-order valence-corrected chi connectivity index (χ2v) is 4.50. The highest BCUT2D eigenvalue weighted by Crippen LogP contribution is 2.19. The number of aliphatic carboxylic acids is 1. The van der Waals surface area contributed by atoms with E-state index in [0.29, 0.717) is 12.1 Å². The number of nitrogens with one attached hydrogen (secondary N) is 1. The zero-order chi connectivity index (χ0) is 14.5. The fourth-order valence-electron chi connectivity index (χ4n) is 1.71. The number of rotatable bonds is 5. The normalized spacial score (nSPS) is 10.2. The lowest BCUT2D eigenvalue weighted by Gasteiger charge is -2.06. The number of aryl methyl sites for hydroxylation is 1. The summed E-state index contributed by atoms with van der Waals surface area (Å²) in [6, 6.07) is 8.49. The van der Waals surface area contributed by atoms with Crippen molar-refractivity contribution >= 4 is 29.2 Å². The molecule has 0 saturated carbocycles. The number of furan rings is 1. The van der Waals surface area contributed by atoms with Crippen LogP contribution in [-0.2, 0) is 11.2 Å². The Morgan fingerprint density at radius 2 is 2.10 bits per heavy atom. The number of carbonyl (C=O) groups excluding carboxylic acids is 1. The summed E-state index contributed by atoms with van der Waals surface area (Å²) in [5.41, 5.74) is 1.67. The lowest BCUT2D eigenvalue weighted by molar-refractivity contribution is -0.136. The average molecular weight is 294 g/mol. The topological polar surface area (TPSA) is 79.5 Å². The molecule has 0 bridgehead atoms. The van der Waals surface area contributed by atoms with Crippen LogP contribution in [0.3, 0.4) is 0 Å². The minimum atomic E-state index is -0.857. The maximum absolute atomic E-state index is 11.9. The molecule has 1 amide bonds. The Morgan fingerprint density at radius 3 is 2.75 bits per heavy atom. The summed E-state index contributed by atoms with van der Waals surface area (Å²) in [6.07, 6.45) is 1.79. The van der Waals surface area contributed by atoms with Crippen molar-refractivity contribution in [3.8, 4) is 0 Å². The highest BCUT2D eigenvalue weighted by Gasteiger charge is 2.13. The monoisotopic (exact) mass is 293 g/mol. The van der Waals surface area contributed by atoms with E-state index >= 15 is 0 Å². The second kappa shape index (κ2) is 6.25. The molecule has 5 nitrogen and oxygen atoms in total. The third-order valence-corrected chi connectivity index (χ3v) is 2.97. The largest absolute Gasteiger partial charge is 0.481 e. The van der Waals surface area contributed by atoms with Gasteiger partial charge in [0, 0.05) is 12.1 Å². The Balaban J connectivity index is 2.06. The zero-order valence-electron chi connectivity index (χ0n) is 10.4. The number of carboxylic acids is 1. The lowest BCUT2D eigenvalue weighted by Crippen LogP contribution is -2.11. The first-order valence-electron chi connectivity index (χ1n) is 5.91. The van der Waals surface area contributed by atoms with E-state index in [2.05, 4.69) is 5.32 Å². The molecule has 0 saturated heterocycles. The van der Waals surface area contributed by atoms with Gasteiger partial charge >= 0.3 is 5.97 Å². The van der Waals surface area contributed by atoms with E-state index in [4.69, 9.17) is 21.1 Å². The fraction of sp³-hybridized carbons (Fsp3) is 0.143. The Kier molecular flexibility index (Phi) is 4.42. The Labute approximate surface area is 120 Å². The van der Waals surface area contributed by atoms with Crippen molar-refractivity contribution < 1.29 is 19.1 Å². The van der Waals surface area contributed by atoms with Crippen molar-refractivity contribution in [2.45, 2.75) is 12.8 Å². The van der Waals surface area contributed by atoms with E-state index in [1.165, 1.54) is 12.3 Å². The Hall–Kier alpha value is -2.27. The number of anilines is 1. The van der Waals surface area contributed by atoms with Gasteiger partial charge in [-0.2, -0.15) is 0 Å². The second-order valence-electron chi connectivity index (χ2n) is 4.16. The van der Waals surface area contributed by atoms with Gasteiger partial charge in [-0.25, -0.2) is 0 Å². The van der Waals surface area contributed by atoms with Crippen LogP contribution in [0.25, 0.3) is 0 Å². The van der Waals surface area contributed by atoms with Crippen LogP contribution >= 0.6 is 11.6 Å². The molecule has 6 heteroatoms. The van der Waals surface area contributed by atoms with Crippen LogP contribution in [0.5, 0.6) is 0 Å². The number of hydrogen-bond acceptors (Lipinski definition) is 3. The number of hydrogen-bond donors (Lipinski definition) is 2. The van der Waals surface area contributed by atoms with E-state index in [9.17, 15) is 9.59 Å². The molecule has 2 rings (SSSR count). The summed E-state index contributed by atoms with van der Waals surface area (Å²) < 4.78 is 4.85. The molecule has 0 spiro atoms. The van der Waals surface area contributed by atoms with Crippen LogP contribution in [0.4, 0.5) is 5.69 Å². The Morgan fingerprint density at radius 1 is 1.30 bits per heavy atom. The van der Waals surface area contributed by atoms with Crippen LogP contribution in [0.2, 0.25) is 5.22 Å². The van der Waals surface area contributed by atoms with Crippen molar-refractivity contribution in [1.29, 1.82) is 0 Å². The molecule has 0 radical (unpaired) electrons. The van der Waals surface area contributed by atoms with E-state index in [1.807, 2.05) is 6.07 Å². The maximum Gasteiger partial charge on any atom is 0.303 e. The molecule has 104 valence electrons. The zero-order valence-corrected chi connectivity index (χ0v) is 11.2. The third-order valence-electron chi connectivity index (χ3n) is 2.67. The van der Waals surface area contributed by atoms with Crippen LogP contribution in [0.1, 0.15) is 22.3 Å². The fourth-order valence-corrected chi connectivity index (χ4v) is 1.91. The number of amides is 1. The Bertz CT molecular complexity index is 636. The van der Waals surface area contributed by atoms with Crippen molar-refractivity contribution in [1.82, 2.24) is 0 Å². The number of carboxylic acid groups (broad SMARTS) is 1. The third kappa shape index (κ3) is 3.61. The molecular formula is C14H12ClNO4. The van der Waals surface area contributed by atoms with Gasteiger partial charge in [-0.15, -0.1) is 0 Å². The first-order valence-corrected chi connectivity index (χ1v) is 6.29. The van der Waals surface area contributed by atoms with Gasteiger partial charge < -0.3 is 14.8 Å². The number of halogens is 1. The molecule has 0 aliphatic rings. The van der Waals surface area contributed by atoms with E-state index in [0.717, 1.165) is 5.56 Å². The molecule has 2 N–H and O–H groups in total. The van der Waals surface area contributed by atoms with Crippen LogP contribution in [0.15, 0.2) is 41.0 Å². The van der Waals surface area contributed by atoms with Crippen molar-refractivity contribution in [2.75, 3.05) is 5.32 Å². The summed E-state index contributed by atoms with van der Waals surface area (Å²) >= 11 is 5.72. The summed E-state index contributed by atoms with van der Waals surface area (Å²) in [4.78, 5) is 22.5. The molecule has 2 aromatic rings. The molecule has 0 aliphatic heterocycles. The highest BCUT2D eigenvalue weighted by molar-refractivity contribution is 6.32.